The summed E-state index contributed by atoms with van der Waals surface area (Å²) in [6.45, 7) is 4.00. The molecule has 0 aliphatic rings. The summed E-state index contributed by atoms with van der Waals surface area (Å²) in [6.07, 6.45) is 2.14. The van der Waals surface area contributed by atoms with E-state index in [9.17, 15) is 10.1 Å². The van der Waals surface area contributed by atoms with Gasteiger partial charge in [0.25, 0.3) is 5.69 Å². The predicted molar refractivity (Wildman–Crippen MR) is 75.1 cm³/mol. The van der Waals surface area contributed by atoms with Gasteiger partial charge in [0.2, 0.25) is 0 Å². The van der Waals surface area contributed by atoms with E-state index in [2.05, 4.69) is 17.7 Å². The zero-order chi connectivity index (χ0) is 14.1. The van der Waals surface area contributed by atoms with Gasteiger partial charge in [0.05, 0.1) is 17.2 Å². The molecule has 0 bridgehead atoms. The summed E-state index contributed by atoms with van der Waals surface area (Å²) in [6, 6.07) is 4.55. The molecule has 0 aliphatic heterocycles. The highest BCUT2D eigenvalue weighted by atomic mass is 16.6. The first-order chi connectivity index (χ1) is 9.17. The first-order valence-corrected chi connectivity index (χ1v) is 6.25. The first-order valence-electron chi connectivity index (χ1n) is 6.25. The number of hydrazine groups is 1. The molecule has 0 unspecified atom stereocenters. The van der Waals surface area contributed by atoms with Crippen molar-refractivity contribution in [2.75, 3.05) is 30.5 Å². The van der Waals surface area contributed by atoms with Crippen molar-refractivity contribution in [3.63, 3.8) is 0 Å². The maximum absolute atomic E-state index is 10.8. The lowest BCUT2D eigenvalue weighted by molar-refractivity contribution is -0.384. The predicted octanol–water partition coefficient (Wildman–Crippen LogP) is 2.11. The molecule has 106 valence electrons. The van der Waals surface area contributed by atoms with Gasteiger partial charge in [-0.25, -0.2) is 0 Å². The third-order valence-electron chi connectivity index (χ3n) is 2.51. The number of unbranched alkanes of at least 4 members (excludes halogenated alkanes) is 1. The second-order valence-electron chi connectivity index (χ2n) is 4.06. The molecule has 0 aliphatic carbocycles. The zero-order valence-corrected chi connectivity index (χ0v) is 11.0. The fourth-order valence-electron chi connectivity index (χ4n) is 1.52. The molecular formula is C12H20N4O3. The largest absolute Gasteiger partial charge is 0.382 e. The summed E-state index contributed by atoms with van der Waals surface area (Å²) < 4.78 is 5.39. The van der Waals surface area contributed by atoms with Crippen molar-refractivity contribution in [1.82, 2.24) is 0 Å². The summed E-state index contributed by atoms with van der Waals surface area (Å²) in [4.78, 5) is 10.3. The van der Waals surface area contributed by atoms with Crippen molar-refractivity contribution in [3.05, 3.63) is 28.3 Å². The van der Waals surface area contributed by atoms with E-state index in [1.807, 2.05) is 0 Å². The zero-order valence-electron chi connectivity index (χ0n) is 11.0. The molecule has 0 radical (unpaired) electrons. The van der Waals surface area contributed by atoms with Crippen LogP contribution in [0.1, 0.15) is 19.8 Å². The van der Waals surface area contributed by atoms with Crippen molar-refractivity contribution in [1.29, 1.82) is 0 Å². The number of nitrogen functional groups attached to an aromatic ring is 1. The van der Waals surface area contributed by atoms with Crippen LogP contribution in [0.4, 0.5) is 17.1 Å². The number of non-ortho nitro benzene ring substituents is 1. The first kappa shape index (κ1) is 15.2. The minimum absolute atomic E-state index is 0.00940. The quantitative estimate of drug-likeness (QED) is 0.274. The lowest BCUT2D eigenvalue weighted by Crippen LogP contribution is -2.11. The average Bonchev–Trinajstić information content (AvgIpc) is 2.42. The van der Waals surface area contributed by atoms with E-state index < -0.39 is 4.92 Å². The molecule has 19 heavy (non-hydrogen) atoms. The van der Waals surface area contributed by atoms with Crippen LogP contribution < -0.4 is 16.6 Å². The van der Waals surface area contributed by atoms with Crippen LogP contribution in [-0.2, 0) is 4.74 Å². The fraction of sp³-hybridized carbons (Fsp3) is 0.500. The molecule has 0 fully saturated rings. The number of hydrogen-bond acceptors (Lipinski definition) is 6. The average molecular weight is 268 g/mol. The molecular weight excluding hydrogens is 248 g/mol. The molecule has 0 heterocycles. The molecule has 7 nitrogen and oxygen atoms in total. The van der Waals surface area contributed by atoms with Crippen LogP contribution in [0.3, 0.4) is 0 Å². The number of nitrogens with one attached hydrogen (secondary N) is 2. The van der Waals surface area contributed by atoms with E-state index >= 15 is 0 Å². The van der Waals surface area contributed by atoms with Gasteiger partial charge in [-0.3, -0.25) is 16.0 Å². The number of nitro benzene ring substituents is 1. The minimum atomic E-state index is -0.455. The Labute approximate surface area is 112 Å². The summed E-state index contributed by atoms with van der Waals surface area (Å²) in [5.74, 6) is 5.27. The number of hydrogen-bond donors (Lipinski definition) is 3. The number of nitrogens with zero attached hydrogens (tertiary/aromatic N) is 1. The smallest absolute Gasteiger partial charge is 0.273 e. The number of nitro groups is 1. The number of ether oxygens (including phenoxy) is 1. The summed E-state index contributed by atoms with van der Waals surface area (Å²) >= 11 is 0. The van der Waals surface area contributed by atoms with E-state index in [1.54, 1.807) is 6.07 Å². The third kappa shape index (κ3) is 5.54. The van der Waals surface area contributed by atoms with Crippen LogP contribution >= 0.6 is 0 Å². The number of anilines is 2. The van der Waals surface area contributed by atoms with Gasteiger partial charge in [0.15, 0.2) is 0 Å². The van der Waals surface area contributed by atoms with E-state index in [0.29, 0.717) is 24.5 Å². The van der Waals surface area contributed by atoms with Gasteiger partial charge in [0.1, 0.15) is 0 Å². The fourth-order valence-corrected chi connectivity index (χ4v) is 1.52. The molecule has 7 heteroatoms. The lowest BCUT2D eigenvalue weighted by atomic mass is 10.2. The Morgan fingerprint density at radius 3 is 2.68 bits per heavy atom. The maximum atomic E-state index is 10.8. The lowest BCUT2D eigenvalue weighted by Gasteiger charge is -2.09. The van der Waals surface area contributed by atoms with Gasteiger partial charge >= 0.3 is 0 Å². The Bertz CT molecular complexity index is 412. The van der Waals surface area contributed by atoms with Crippen molar-refractivity contribution in [3.8, 4) is 0 Å². The van der Waals surface area contributed by atoms with Crippen LogP contribution in [-0.4, -0.2) is 24.7 Å². The van der Waals surface area contributed by atoms with Gasteiger partial charge < -0.3 is 15.5 Å². The van der Waals surface area contributed by atoms with Crippen molar-refractivity contribution in [2.24, 2.45) is 5.84 Å². The normalized spacial score (nSPS) is 10.2. The van der Waals surface area contributed by atoms with Gasteiger partial charge in [0, 0.05) is 31.0 Å². The Hall–Kier alpha value is -1.86. The molecule has 0 saturated heterocycles. The molecule has 1 rings (SSSR count). The number of rotatable bonds is 9. The molecule has 0 aromatic heterocycles. The van der Waals surface area contributed by atoms with Crippen LogP contribution in [0, 0.1) is 10.1 Å². The summed E-state index contributed by atoms with van der Waals surface area (Å²) in [5.41, 5.74) is 3.53. The number of nitrogens with two attached hydrogens (primary N) is 1. The van der Waals surface area contributed by atoms with Gasteiger partial charge in [-0.05, 0) is 12.5 Å². The molecule has 0 spiro atoms. The van der Waals surface area contributed by atoms with Crippen molar-refractivity contribution in [2.45, 2.75) is 19.8 Å². The van der Waals surface area contributed by atoms with Crippen LogP contribution in [0.25, 0.3) is 0 Å². The summed E-state index contributed by atoms with van der Waals surface area (Å²) in [5, 5.41) is 13.8. The highest BCUT2D eigenvalue weighted by Gasteiger charge is 2.08. The van der Waals surface area contributed by atoms with Crippen LogP contribution in [0.15, 0.2) is 18.2 Å². The van der Waals surface area contributed by atoms with E-state index in [4.69, 9.17) is 10.6 Å². The second-order valence-corrected chi connectivity index (χ2v) is 4.06. The topological polar surface area (TPSA) is 102 Å². The Morgan fingerprint density at radius 2 is 2.05 bits per heavy atom. The van der Waals surface area contributed by atoms with Gasteiger partial charge in [-0.2, -0.15) is 0 Å². The minimum Gasteiger partial charge on any atom is -0.382 e. The van der Waals surface area contributed by atoms with E-state index in [0.717, 1.165) is 19.4 Å². The molecule has 4 N–H and O–H groups in total. The second kappa shape index (κ2) is 8.28. The number of benzene rings is 1. The SMILES string of the molecule is CCCCOCCNc1cc(NN)cc([N+](=O)[O-])c1. The molecule has 1 aromatic carbocycles. The Morgan fingerprint density at radius 1 is 1.32 bits per heavy atom. The van der Waals surface area contributed by atoms with Crippen LogP contribution in [0.2, 0.25) is 0 Å². The van der Waals surface area contributed by atoms with Crippen molar-refractivity contribution < 1.29 is 9.66 Å². The van der Waals surface area contributed by atoms with E-state index in [-0.39, 0.29) is 5.69 Å². The maximum Gasteiger partial charge on any atom is 0.273 e. The Kier molecular flexibility index (Phi) is 6.62. The highest BCUT2D eigenvalue weighted by molar-refractivity contribution is 5.63. The third-order valence-corrected chi connectivity index (χ3v) is 2.51. The van der Waals surface area contributed by atoms with Gasteiger partial charge in [-0.1, -0.05) is 13.3 Å². The van der Waals surface area contributed by atoms with E-state index in [1.165, 1.54) is 12.1 Å². The van der Waals surface area contributed by atoms with Gasteiger partial charge in [-0.15, -0.1) is 0 Å². The van der Waals surface area contributed by atoms with Crippen molar-refractivity contribution >= 4 is 17.1 Å². The molecule has 0 amide bonds. The standard InChI is InChI=1S/C12H20N4O3/c1-2-3-5-19-6-4-14-10-7-11(15-13)9-12(8-10)16(17)18/h7-9,14-15H,2-6,13H2,1H3. The molecule has 0 saturated carbocycles. The highest BCUT2D eigenvalue weighted by Crippen LogP contribution is 2.23. The Balaban J connectivity index is 2.48. The van der Waals surface area contributed by atoms with Crippen LogP contribution in [0.5, 0.6) is 0 Å². The monoisotopic (exact) mass is 268 g/mol. The molecule has 0 atom stereocenters. The summed E-state index contributed by atoms with van der Waals surface area (Å²) in [7, 11) is 0. The molecule has 1 aromatic rings.